The van der Waals surface area contributed by atoms with Crippen molar-refractivity contribution < 1.29 is 17.9 Å². The molecule has 0 spiro atoms. The molecule has 1 aliphatic rings. The molecular formula is C16H24N2O4S. The summed E-state index contributed by atoms with van der Waals surface area (Å²) in [5, 5.41) is 3.22. The molecule has 0 bridgehead atoms. The van der Waals surface area contributed by atoms with Crippen LogP contribution in [-0.2, 0) is 14.6 Å². The fourth-order valence-corrected chi connectivity index (χ4v) is 4.28. The number of nitrogens with zero attached hydrogens (tertiary/aromatic N) is 1. The Hall–Kier alpha value is -1.60. The Morgan fingerprint density at radius 2 is 2.04 bits per heavy atom. The molecule has 0 saturated carbocycles. The van der Waals surface area contributed by atoms with Crippen molar-refractivity contribution in [3.8, 4) is 5.75 Å². The van der Waals surface area contributed by atoms with E-state index in [0.29, 0.717) is 12.3 Å². The minimum Gasteiger partial charge on any atom is -0.497 e. The van der Waals surface area contributed by atoms with Crippen LogP contribution in [0.5, 0.6) is 5.75 Å². The van der Waals surface area contributed by atoms with Crippen LogP contribution in [0, 0.1) is 5.92 Å². The molecule has 128 valence electrons. The molecule has 1 aliphatic heterocycles. The minimum atomic E-state index is -3.50. The van der Waals surface area contributed by atoms with Crippen molar-refractivity contribution in [2.24, 2.45) is 5.92 Å². The highest BCUT2D eigenvalue weighted by molar-refractivity contribution is 7.91. The van der Waals surface area contributed by atoms with Crippen LogP contribution in [0.4, 0.5) is 0 Å². The van der Waals surface area contributed by atoms with Gasteiger partial charge in [-0.2, -0.15) is 0 Å². The van der Waals surface area contributed by atoms with Crippen molar-refractivity contribution in [3.63, 3.8) is 0 Å². The summed E-state index contributed by atoms with van der Waals surface area (Å²) in [4.78, 5) is 14.5. The van der Waals surface area contributed by atoms with Crippen molar-refractivity contribution in [1.82, 2.24) is 10.2 Å². The van der Waals surface area contributed by atoms with Crippen LogP contribution in [0.15, 0.2) is 29.2 Å². The van der Waals surface area contributed by atoms with Crippen LogP contribution in [0.2, 0.25) is 0 Å². The maximum absolute atomic E-state index is 12.5. The average Bonchev–Trinajstić information content (AvgIpc) is 2.54. The second-order valence-corrected chi connectivity index (χ2v) is 7.98. The van der Waals surface area contributed by atoms with Gasteiger partial charge in [-0.15, -0.1) is 0 Å². The van der Waals surface area contributed by atoms with Crippen molar-refractivity contribution in [2.45, 2.75) is 24.8 Å². The van der Waals surface area contributed by atoms with Crippen LogP contribution in [0.25, 0.3) is 0 Å². The average molecular weight is 340 g/mol. The lowest BCUT2D eigenvalue weighted by molar-refractivity contribution is -0.137. The lowest BCUT2D eigenvalue weighted by atomic mass is 10.1. The minimum absolute atomic E-state index is 0.0855. The van der Waals surface area contributed by atoms with Gasteiger partial charge in [-0.05, 0) is 31.2 Å². The number of sulfone groups is 1. The summed E-state index contributed by atoms with van der Waals surface area (Å²) in [6, 6.07) is 6.33. The number of nitrogens with one attached hydrogen (secondary N) is 1. The van der Waals surface area contributed by atoms with E-state index in [2.05, 4.69) is 5.32 Å². The molecule has 0 unspecified atom stereocenters. The number of methoxy groups -OCH3 is 1. The van der Waals surface area contributed by atoms with E-state index >= 15 is 0 Å². The van der Waals surface area contributed by atoms with E-state index in [1.54, 1.807) is 24.0 Å². The molecule has 6 nitrogen and oxygen atoms in total. The van der Waals surface area contributed by atoms with Gasteiger partial charge >= 0.3 is 0 Å². The standard InChI is InChI=1S/C16H24N2O4S/c1-12(16(19)18-9-8-17-10-13(18)2)11-23(20,21)15-6-4-14(22-3)5-7-15/h4-7,12-13,17H,8-11H2,1-3H3/t12-,13+/m1/s1. The monoisotopic (exact) mass is 340 g/mol. The molecule has 1 fully saturated rings. The van der Waals surface area contributed by atoms with Gasteiger partial charge in [0.25, 0.3) is 0 Å². The molecule has 7 heteroatoms. The first-order chi connectivity index (χ1) is 10.8. The largest absolute Gasteiger partial charge is 0.497 e. The zero-order valence-corrected chi connectivity index (χ0v) is 14.6. The highest BCUT2D eigenvalue weighted by atomic mass is 32.2. The van der Waals surface area contributed by atoms with Crippen LogP contribution in [0.3, 0.4) is 0 Å². The third-order valence-electron chi connectivity index (χ3n) is 4.09. The Morgan fingerprint density at radius 3 is 2.61 bits per heavy atom. The molecule has 1 saturated heterocycles. The first kappa shape index (κ1) is 17.7. The fraction of sp³-hybridized carbons (Fsp3) is 0.562. The third-order valence-corrected chi connectivity index (χ3v) is 6.02. The second-order valence-electron chi connectivity index (χ2n) is 5.94. The van der Waals surface area contributed by atoms with Gasteiger partial charge in [0, 0.05) is 31.6 Å². The maximum Gasteiger partial charge on any atom is 0.226 e. The summed E-state index contributed by atoms with van der Waals surface area (Å²) in [5.41, 5.74) is 0. The predicted octanol–water partition coefficient (Wildman–Crippen LogP) is 0.925. The molecule has 0 aromatic heterocycles. The van der Waals surface area contributed by atoms with E-state index in [4.69, 9.17) is 4.74 Å². The number of amides is 1. The van der Waals surface area contributed by atoms with Gasteiger partial charge in [-0.25, -0.2) is 8.42 Å². The lowest BCUT2D eigenvalue weighted by Gasteiger charge is -2.35. The number of carbonyl (C=O) groups is 1. The van der Waals surface area contributed by atoms with Gasteiger partial charge in [0.2, 0.25) is 5.91 Å². The molecule has 2 atom stereocenters. The number of ether oxygens (including phenoxy) is 1. The summed E-state index contributed by atoms with van der Waals surface area (Å²) in [6.45, 7) is 5.75. The third kappa shape index (κ3) is 4.23. The van der Waals surface area contributed by atoms with Crippen molar-refractivity contribution >= 4 is 15.7 Å². The van der Waals surface area contributed by atoms with E-state index in [9.17, 15) is 13.2 Å². The van der Waals surface area contributed by atoms with E-state index in [-0.39, 0.29) is 22.6 Å². The molecule has 0 aliphatic carbocycles. The van der Waals surface area contributed by atoms with Crippen LogP contribution >= 0.6 is 0 Å². The first-order valence-corrected chi connectivity index (χ1v) is 9.38. The Balaban J connectivity index is 2.07. The van der Waals surface area contributed by atoms with E-state index in [1.807, 2.05) is 6.92 Å². The van der Waals surface area contributed by atoms with Gasteiger partial charge in [0.05, 0.1) is 17.8 Å². The number of piperazine rings is 1. The van der Waals surface area contributed by atoms with Crippen LogP contribution < -0.4 is 10.1 Å². The second kappa shape index (κ2) is 7.31. The Bertz CT molecular complexity index is 643. The molecule has 1 N–H and O–H groups in total. The van der Waals surface area contributed by atoms with Gasteiger partial charge in [-0.1, -0.05) is 6.92 Å². The number of hydrogen-bond donors (Lipinski definition) is 1. The number of carbonyl (C=O) groups excluding carboxylic acids is 1. The zero-order valence-electron chi connectivity index (χ0n) is 13.8. The van der Waals surface area contributed by atoms with Crippen LogP contribution in [0.1, 0.15) is 13.8 Å². The highest BCUT2D eigenvalue weighted by Gasteiger charge is 2.30. The van der Waals surface area contributed by atoms with Crippen LogP contribution in [-0.4, -0.2) is 57.8 Å². The topological polar surface area (TPSA) is 75.7 Å². The summed E-state index contributed by atoms with van der Waals surface area (Å²) in [6.07, 6.45) is 0. The van der Waals surface area contributed by atoms with Gasteiger partial charge < -0.3 is 15.0 Å². The number of rotatable bonds is 5. The van der Waals surface area contributed by atoms with Crippen molar-refractivity contribution in [2.75, 3.05) is 32.5 Å². The smallest absolute Gasteiger partial charge is 0.226 e. The summed E-state index contributed by atoms with van der Waals surface area (Å²) < 4.78 is 30.0. The Kier molecular flexibility index (Phi) is 5.64. The summed E-state index contributed by atoms with van der Waals surface area (Å²) >= 11 is 0. The zero-order chi connectivity index (χ0) is 17.0. The molecule has 1 aromatic carbocycles. The Labute approximate surface area is 137 Å². The number of hydrogen-bond acceptors (Lipinski definition) is 5. The molecule has 1 heterocycles. The molecule has 1 amide bonds. The van der Waals surface area contributed by atoms with Crippen molar-refractivity contribution in [3.05, 3.63) is 24.3 Å². The molecular weight excluding hydrogens is 316 g/mol. The SMILES string of the molecule is COc1ccc(S(=O)(=O)C[C@@H](C)C(=O)N2CCNC[C@@H]2C)cc1. The van der Waals surface area contributed by atoms with Gasteiger partial charge in [-0.3, -0.25) is 4.79 Å². The van der Waals surface area contributed by atoms with Gasteiger partial charge in [0.15, 0.2) is 9.84 Å². The van der Waals surface area contributed by atoms with Gasteiger partial charge in [0.1, 0.15) is 5.75 Å². The van der Waals surface area contributed by atoms with E-state index in [0.717, 1.165) is 13.1 Å². The molecule has 2 rings (SSSR count). The van der Waals surface area contributed by atoms with E-state index < -0.39 is 15.8 Å². The molecule has 1 aromatic rings. The van der Waals surface area contributed by atoms with E-state index in [1.165, 1.54) is 19.2 Å². The predicted molar refractivity (Wildman–Crippen MR) is 88.3 cm³/mol. The first-order valence-electron chi connectivity index (χ1n) is 7.73. The quantitative estimate of drug-likeness (QED) is 0.863. The summed E-state index contributed by atoms with van der Waals surface area (Å²) in [7, 11) is -1.98. The van der Waals surface area contributed by atoms with Crippen molar-refractivity contribution in [1.29, 1.82) is 0 Å². The summed E-state index contributed by atoms with van der Waals surface area (Å²) in [5.74, 6) is -0.254. The molecule has 23 heavy (non-hydrogen) atoms. The number of benzene rings is 1. The fourth-order valence-electron chi connectivity index (χ4n) is 2.73. The molecule has 0 radical (unpaired) electrons. The highest BCUT2D eigenvalue weighted by Crippen LogP contribution is 2.20. The Morgan fingerprint density at radius 1 is 1.39 bits per heavy atom. The normalized spacial score (nSPS) is 20.1. The lowest BCUT2D eigenvalue weighted by Crippen LogP contribution is -2.54. The maximum atomic E-state index is 12.5.